The van der Waals surface area contributed by atoms with Gasteiger partial charge in [-0.3, -0.25) is 9.48 Å². The smallest absolute Gasteiger partial charge is 0.271 e. The third-order valence-electron chi connectivity index (χ3n) is 2.93. The van der Waals surface area contributed by atoms with Gasteiger partial charge in [0.2, 0.25) is 0 Å². The molecule has 1 heterocycles. The molecule has 0 bridgehead atoms. The number of aryl methyl sites for hydroxylation is 2. The average molecular weight is 341 g/mol. The number of rotatable bonds is 3. The van der Waals surface area contributed by atoms with E-state index in [9.17, 15) is 9.18 Å². The summed E-state index contributed by atoms with van der Waals surface area (Å²) in [6, 6.07) is 4.31. The van der Waals surface area contributed by atoms with E-state index in [0.29, 0.717) is 22.6 Å². The zero-order chi connectivity index (χ0) is 14.9. The minimum absolute atomic E-state index is 0.195. The van der Waals surface area contributed by atoms with Crippen molar-refractivity contribution >= 4 is 27.5 Å². The Kier molecular flexibility index (Phi) is 4.08. The SMILES string of the molecule is Cc1nn(C)c(C(=O)NCc2cc(F)ccc2Br)c1N. The van der Waals surface area contributed by atoms with Crippen LogP contribution >= 0.6 is 15.9 Å². The summed E-state index contributed by atoms with van der Waals surface area (Å²) in [7, 11) is 1.65. The van der Waals surface area contributed by atoms with Gasteiger partial charge < -0.3 is 11.1 Å². The van der Waals surface area contributed by atoms with E-state index >= 15 is 0 Å². The highest BCUT2D eigenvalue weighted by molar-refractivity contribution is 9.10. The Bertz CT molecular complexity index is 669. The second kappa shape index (κ2) is 5.62. The molecule has 1 amide bonds. The van der Waals surface area contributed by atoms with Gasteiger partial charge in [0.05, 0.1) is 11.4 Å². The highest BCUT2D eigenvalue weighted by atomic mass is 79.9. The van der Waals surface area contributed by atoms with Crippen LogP contribution in [-0.2, 0) is 13.6 Å². The maximum Gasteiger partial charge on any atom is 0.271 e. The number of hydrogen-bond acceptors (Lipinski definition) is 3. The summed E-state index contributed by atoms with van der Waals surface area (Å²) < 4.78 is 15.3. The van der Waals surface area contributed by atoms with Crippen LogP contribution in [0.4, 0.5) is 10.1 Å². The van der Waals surface area contributed by atoms with Crippen LogP contribution in [0.2, 0.25) is 0 Å². The summed E-state index contributed by atoms with van der Waals surface area (Å²) in [6.45, 7) is 1.93. The highest BCUT2D eigenvalue weighted by Gasteiger charge is 2.17. The minimum atomic E-state index is -0.353. The summed E-state index contributed by atoms with van der Waals surface area (Å²) in [6.07, 6.45) is 0. The molecule has 3 N–H and O–H groups in total. The first-order valence-corrected chi connectivity index (χ1v) is 6.70. The van der Waals surface area contributed by atoms with Crippen LogP contribution in [0.25, 0.3) is 0 Å². The summed E-state index contributed by atoms with van der Waals surface area (Å²) in [5.41, 5.74) is 7.72. The number of nitrogens with one attached hydrogen (secondary N) is 1. The summed E-state index contributed by atoms with van der Waals surface area (Å²) in [5, 5.41) is 6.78. The number of benzene rings is 1. The van der Waals surface area contributed by atoms with Gasteiger partial charge in [0.15, 0.2) is 0 Å². The third kappa shape index (κ3) is 2.82. The molecule has 7 heteroatoms. The molecule has 1 aromatic carbocycles. The quantitative estimate of drug-likeness (QED) is 0.898. The van der Waals surface area contributed by atoms with E-state index in [-0.39, 0.29) is 18.3 Å². The van der Waals surface area contributed by atoms with Crippen molar-refractivity contribution in [2.75, 3.05) is 5.73 Å². The number of nitrogens with two attached hydrogens (primary N) is 1. The number of carbonyl (C=O) groups excluding carboxylic acids is 1. The van der Waals surface area contributed by atoms with Gasteiger partial charge in [0, 0.05) is 18.1 Å². The van der Waals surface area contributed by atoms with Gasteiger partial charge in [-0.25, -0.2) is 4.39 Å². The van der Waals surface area contributed by atoms with Gasteiger partial charge in [-0.05, 0) is 30.7 Å². The lowest BCUT2D eigenvalue weighted by Crippen LogP contribution is -2.26. The van der Waals surface area contributed by atoms with Crippen LogP contribution < -0.4 is 11.1 Å². The molecule has 0 aliphatic rings. The van der Waals surface area contributed by atoms with Crippen molar-refractivity contribution in [3.8, 4) is 0 Å². The van der Waals surface area contributed by atoms with Gasteiger partial charge in [0.1, 0.15) is 11.5 Å². The van der Waals surface area contributed by atoms with Gasteiger partial charge in [0.25, 0.3) is 5.91 Å². The topological polar surface area (TPSA) is 72.9 Å². The predicted molar refractivity (Wildman–Crippen MR) is 77.6 cm³/mol. The maximum absolute atomic E-state index is 13.2. The van der Waals surface area contributed by atoms with Crippen LogP contribution in [0.5, 0.6) is 0 Å². The van der Waals surface area contributed by atoms with Crippen LogP contribution in [0.1, 0.15) is 21.7 Å². The highest BCUT2D eigenvalue weighted by Crippen LogP contribution is 2.19. The van der Waals surface area contributed by atoms with E-state index in [1.54, 1.807) is 20.0 Å². The van der Waals surface area contributed by atoms with Crippen molar-refractivity contribution in [2.45, 2.75) is 13.5 Å². The Morgan fingerprint density at radius 3 is 2.85 bits per heavy atom. The molecule has 0 saturated carbocycles. The van der Waals surface area contributed by atoms with E-state index in [1.165, 1.54) is 16.8 Å². The molecule has 2 aromatic rings. The molecule has 0 spiro atoms. The Morgan fingerprint density at radius 2 is 2.25 bits per heavy atom. The van der Waals surface area contributed by atoms with Crippen LogP contribution in [0, 0.1) is 12.7 Å². The number of hydrogen-bond donors (Lipinski definition) is 2. The van der Waals surface area contributed by atoms with Gasteiger partial charge in [-0.15, -0.1) is 0 Å². The number of halogens is 2. The van der Waals surface area contributed by atoms with Gasteiger partial charge >= 0.3 is 0 Å². The van der Waals surface area contributed by atoms with Gasteiger partial charge in [-0.1, -0.05) is 15.9 Å². The Labute approximate surface area is 124 Å². The summed E-state index contributed by atoms with van der Waals surface area (Å²) >= 11 is 3.31. The predicted octanol–water partition coefficient (Wildman–Crippen LogP) is 2.14. The molecule has 1 aromatic heterocycles. The minimum Gasteiger partial charge on any atom is -0.395 e. The normalized spacial score (nSPS) is 10.6. The first kappa shape index (κ1) is 14.5. The fraction of sp³-hybridized carbons (Fsp3) is 0.231. The number of amides is 1. The van der Waals surface area contributed by atoms with E-state index in [4.69, 9.17) is 5.73 Å². The van der Waals surface area contributed by atoms with E-state index in [2.05, 4.69) is 26.3 Å². The molecule has 0 radical (unpaired) electrons. The average Bonchev–Trinajstić information content (AvgIpc) is 2.64. The second-order valence-electron chi connectivity index (χ2n) is 4.39. The van der Waals surface area contributed by atoms with Crippen LogP contribution in [0.15, 0.2) is 22.7 Å². The Morgan fingerprint density at radius 1 is 1.55 bits per heavy atom. The fourth-order valence-electron chi connectivity index (χ4n) is 1.88. The number of aromatic nitrogens is 2. The Balaban J connectivity index is 2.15. The molecule has 0 unspecified atom stereocenters. The second-order valence-corrected chi connectivity index (χ2v) is 5.24. The first-order chi connectivity index (χ1) is 9.40. The van der Waals surface area contributed by atoms with Crippen molar-refractivity contribution in [1.29, 1.82) is 0 Å². The van der Waals surface area contributed by atoms with Crippen molar-refractivity contribution in [3.05, 3.63) is 45.4 Å². The maximum atomic E-state index is 13.2. The standard InChI is InChI=1S/C13H14BrFN4O/c1-7-11(16)12(19(2)18-7)13(20)17-6-8-5-9(15)3-4-10(8)14/h3-5H,6,16H2,1-2H3,(H,17,20). The number of nitrogen functional groups attached to an aromatic ring is 1. The molecular formula is C13H14BrFN4O. The summed E-state index contributed by atoms with van der Waals surface area (Å²) in [4.78, 5) is 12.1. The molecule has 106 valence electrons. The molecule has 0 aliphatic carbocycles. The number of anilines is 1. The third-order valence-corrected chi connectivity index (χ3v) is 3.70. The zero-order valence-electron chi connectivity index (χ0n) is 11.1. The molecular weight excluding hydrogens is 327 g/mol. The fourth-order valence-corrected chi connectivity index (χ4v) is 2.27. The van der Waals surface area contributed by atoms with E-state index < -0.39 is 0 Å². The Hall–Kier alpha value is -1.89. The lowest BCUT2D eigenvalue weighted by molar-refractivity contribution is 0.0942. The molecule has 20 heavy (non-hydrogen) atoms. The van der Waals surface area contributed by atoms with E-state index in [1.807, 2.05) is 0 Å². The molecule has 0 saturated heterocycles. The molecule has 0 fully saturated rings. The molecule has 0 aliphatic heterocycles. The number of nitrogens with zero attached hydrogens (tertiary/aromatic N) is 2. The van der Waals surface area contributed by atoms with Crippen molar-refractivity contribution in [3.63, 3.8) is 0 Å². The summed E-state index contributed by atoms with van der Waals surface area (Å²) in [5.74, 6) is -0.699. The largest absolute Gasteiger partial charge is 0.395 e. The van der Waals surface area contributed by atoms with Crippen molar-refractivity contribution in [1.82, 2.24) is 15.1 Å². The van der Waals surface area contributed by atoms with Crippen molar-refractivity contribution in [2.24, 2.45) is 7.05 Å². The van der Waals surface area contributed by atoms with Gasteiger partial charge in [-0.2, -0.15) is 5.10 Å². The monoisotopic (exact) mass is 340 g/mol. The number of carbonyl (C=O) groups is 1. The lowest BCUT2D eigenvalue weighted by atomic mass is 10.2. The first-order valence-electron chi connectivity index (χ1n) is 5.91. The van der Waals surface area contributed by atoms with Crippen LogP contribution in [0.3, 0.4) is 0 Å². The van der Waals surface area contributed by atoms with E-state index in [0.717, 1.165) is 4.47 Å². The zero-order valence-corrected chi connectivity index (χ0v) is 12.7. The van der Waals surface area contributed by atoms with Crippen LogP contribution in [-0.4, -0.2) is 15.7 Å². The molecule has 0 atom stereocenters. The molecule has 2 rings (SSSR count). The molecule has 5 nitrogen and oxygen atoms in total. The van der Waals surface area contributed by atoms with Crippen molar-refractivity contribution < 1.29 is 9.18 Å². The lowest BCUT2D eigenvalue weighted by Gasteiger charge is -2.08.